The maximum Gasteiger partial charge on any atom is 0.309 e. The van der Waals surface area contributed by atoms with Gasteiger partial charge < -0.3 is 10.0 Å². The monoisotopic (exact) mass is 255 g/mol. The second-order valence-electron chi connectivity index (χ2n) is 5.74. The van der Waals surface area contributed by atoms with Crippen molar-refractivity contribution in [3.05, 3.63) is 0 Å². The molecule has 0 atom stereocenters. The van der Waals surface area contributed by atoms with Gasteiger partial charge in [0, 0.05) is 0 Å². The van der Waals surface area contributed by atoms with E-state index in [1.807, 2.05) is 0 Å². The fraction of sp³-hybridized carbons (Fsp3) is 0.933. The van der Waals surface area contributed by atoms with Crippen LogP contribution in [-0.2, 0) is 4.79 Å². The molecular weight excluding hydrogens is 226 g/mol. The van der Waals surface area contributed by atoms with Gasteiger partial charge in [0.1, 0.15) is 0 Å². The van der Waals surface area contributed by atoms with Crippen LogP contribution in [0.3, 0.4) is 0 Å². The topological polar surface area (TPSA) is 40.5 Å². The summed E-state index contributed by atoms with van der Waals surface area (Å²) in [7, 11) is 0. The molecule has 0 radical (unpaired) electrons. The smallest absolute Gasteiger partial charge is 0.309 e. The minimum absolute atomic E-state index is 0.422. The molecule has 0 aromatic carbocycles. The van der Waals surface area contributed by atoms with Crippen LogP contribution in [0.5, 0.6) is 0 Å². The summed E-state index contributed by atoms with van der Waals surface area (Å²) in [5.74, 6) is -0.574. The van der Waals surface area contributed by atoms with E-state index in [0.717, 1.165) is 45.3 Å². The highest BCUT2D eigenvalue weighted by molar-refractivity contribution is 5.74. The molecule has 1 N–H and O–H groups in total. The highest BCUT2D eigenvalue weighted by atomic mass is 16.4. The van der Waals surface area contributed by atoms with Crippen molar-refractivity contribution in [2.24, 2.45) is 5.41 Å². The molecule has 0 spiro atoms. The summed E-state index contributed by atoms with van der Waals surface area (Å²) < 4.78 is 0. The minimum atomic E-state index is -0.574. The predicted molar refractivity (Wildman–Crippen MR) is 74.8 cm³/mol. The van der Waals surface area contributed by atoms with Crippen LogP contribution in [-0.4, -0.2) is 35.6 Å². The number of carboxylic acid groups (broad SMARTS) is 1. The van der Waals surface area contributed by atoms with Crippen molar-refractivity contribution in [3.8, 4) is 0 Å². The molecule has 18 heavy (non-hydrogen) atoms. The molecule has 1 aliphatic rings. The number of unbranched alkanes of at least 4 members (excludes halogenated alkanes) is 3. The first-order chi connectivity index (χ1) is 8.64. The number of piperidine rings is 1. The first-order valence-corrected chi connectivity index (χ1v) is 7.60. The Morgan fingerprint density at radius 3 is 2.28 bits per heavy atom. The number of carboxylic acids is 1. The standard InChI is InChI=1S/C15H29NO2/c1-3-5-6-7-11-16-12-9-15(8-4-2,10-13-16)14(17)18/h3-13H2,1-2H3,(H,17,18). The van der Waals surface area contributed by atoms with Gasteiger partial charge in [-0.3, -0.25) is 4.79 Å². The van der Waals surface area contributed by atoms with Gasteiger partial charge in [0.15, 0.2) is 0 Å². The lowest BCUT2D eigenvalue weighted by Crippen LogP contribution is -2.44. The van der Waals surface area contributed by atoms with Gasteiger partial charge in [-0.1, -0.05) is 39.5 Å². The molecule has 1 saturated heterocycles. The Morgan fingerprint density at radius 1 is 1.11 bits per heavy atom. The van der Waals surface area contributed by atoms with Gasteiger partial charge in [0.05, 0.1) is 5.41 Å². The lowest BCUT2D eigenvalue weighted by molar-refractivity contribution is -0.152. The zero-order valence-electron chi connectivity index (χ0n) is 12.1. The Kier molecular flexibility index (Phi) is 6.69. The van der Waals surface area contributed by atoms with E-state index in [1.165, 1.54) is 25.7 Å². The van der Waals surface area contributed by atoms with E-state index in [2.05, 4.69) is 18.7 Å². The zero-order chi connectivity index (χ0) is 13.4. The summed E-state index contributed by atoms with van der Waals surface area (Å²) >= 11 is 0. The summed E-state index contributed by atoms with van der Waals surface area (Å²) in [4.78, 5) is 13.9. The van der Waals surface area contributed by atoms with Gasteiger partial charge in [0.2, 0.25) is 0 Å². The minimum Gasteiger partial charge on any atom is -0.481 e. The van der Waals surface area contributed by atoms with Gasteiger partial charge in [0.25, 0.3) is 0 Å². The van der Waals surface area contributed by atoms with E-state index in [0.29, 0.717) is 0 Å². The second kappa shape index (κ2) is 7.78. The predicted octanol–water partition coefficient (Wildman–Crippen LogP) is 3.53. The molecule has 3 nitrogen and oxygen atoms in total. The number of hydrogen-bond donors (Lipinski definition) is 1. The molecule has 1 fully saturated rings. The van der Waals surface area contributed by atoms with E-state index in [4.69, 9.17) is 0 Å². The maximum atomic E-state index is 11.5. The molecular formula is C15H29NO2. The molecule has 1 aliphatic heterocycles. The van der Waals surface area contributed by atoms with Crippen LogP contribution in [0.25, 0.3) is 0 Å². The van der Waals surface area contributed by atoms with Gasteiger partial charge in [-0.15, -0.1) is 0 Å². The Balaban J connectivity index is 2.32. The average Bonchev–Trinajstić information content (AvgIpc) is 2.37. The normalized spacial score (nSPS) is 19.9. The summed E-state index contributed by atoms with van der Waals surface area (Å²) in [6.07, 6.45) is 8.66. The summed E-state index contributed by atoms with van der Waals surface area (Å²) in [6.45, 7) is 7.41. The quantitative estimate of drug-likeness (QED) is 0.674. The van der Waals surface area contributed by atoms with Crippen molar-refractivity contribution in [2.45, 2.75) is 65.2 Å². The molecule has 0 amide bonds. The molecule has 0 aliphatic carbocycles. The Hall–Kier alpha value is -0.570. The van der Waals surface area contributed by atoms with Crippen LogP contribution in [0.4, 0.5) is 0 Å². The van der Waals surface area contributed by atoms with E-state index in [9.17, 15) is 9.90 Å². The largest absolute Gasteiger partial charge is 0.481 e. The molecule has 0 saturated carbocycles. The van der Waals surface area contributed by atoms with Crippen LogP contribution >= 0.6 is 0 Å². The third-order valence-corrected chi connectivity index (χ3v) is 4.32. The van der Waals surface area contributed by atoms with E-state index < -0.39 is 11.4 Å². The molecule has 0 unspecified atom stereocenters. The molecule has 1 rings (SSSR count). The van der Waals surface area contributed by atoms with Crippen molar-refractivity contribution in [1.82, 2.24) is 4.90 Å². The van der Waals surface area contributed by atoms with Crippen molar-refractivity contribution < 1.29 is 9.90 Å². The van der Waals surface area contributed by atoms with Crippen molar-refractivity contribution in [2.75, 3.05) is 19.6 Å². The highest BCUT2D eigenvalue weighted by Crippen LogP contribution is 2.36. The second-order valence-corrected chi connectivity index (χ2v) is 5.74. The Labute approximate surface area is 112 Å². The van der Waals surface area contributed by atoms with Gasteiger partial charge in [-0.2, -0.15) is 0 Å². The van der Waals surface area contributed by atoms with Crippen LogP contribution in [0, 0.1) is 5.41 Å². The van der Waals surface area contributed by atoms with Crippen molar-refractivity contribution in [3.63, 3.8) is 0 Å². The van der Waals surface area contributed by atoms with E-state index in [-0.39, 0.29) is 0 Å². The Bertz CT molecular complexity index is 245. The first-order valence-electron chi connectivity index (χ1n) is 7.60. The van der Waals surface area contributed by atoms with Crippen molar-refractivity contribution >= 4 is 5.97 Å². The number of carbonyl (C=O) groups is 1. The average molecular weight is 255 g/mol. The van der Waals surface area contributed by atoms with Gasteiger partial charge in [-0.25, -0.2) is 0 Å². The molecule has 1 heterocycles. The number of nitrogens with zero attached hydrogens (tertiary/aromatic N) is 1. The van der Waals surface area contributed by atoms with Gasteiger partial charge in [-0.05, 0) is 45.3 Å². The molecule has 0 bridgehead atoms. The number of likely N-dealkylation sites (tertiary alicyclic amines) is 1. The van der Waals surface area contributed by atoms with Crippen LogP contribution in [0.15, 0.2) is 0 Å². The third kappa shape index (κ3) is 4.27. The summed E-state index contributed by atoms with van der Waals surface area (Å²) in [6, 6.07) is 0. The lowest BCUT2D eigenvalue weighted by atomic mass is 9.75. The molecule has 0 aromatic heterocycles. The highest BCUT2D eigenvalue weighted by Gasteiger charge is 2.40. The van der Waals surface area contributed by atoms with Crippen molar-refractivity contribution in [1.29, 1.82) is 0 Å². The molecule has 0 aromatic rings. The Morgan fingerprint density at radius 2 is 1.78 bits per heavy atom. The lowest BCUT2D eigenvalue weighted by Gasteiger charge is -2.38. The zero-order valence-corrected chi connectivity index (χ0v) is 12.1. The molecule has 3 heteroatoms. The van der Waals surface area contributed by atoms with E-state index >= 15 is 0 Å². The first kappa shape index (κ1) is 15.5. The van der Waals surface area contributed by atoms with Crippen LogP contribution < -0.4 is 0 Å². The number of hydrogen-bond acceptors (Lipinski definition) is 2. The van der Waals surface area contributed by atoms with E-state index in [1.54, 1.807) is 0 Å². The van der Waals surface area contributed by atoms with Crippen LogP contribution in [0.2, 0.25) is 0 Å². The third-order valence-electron chi connectivity index (χ3n) is 4.32. The fourth-order valence-electron chi connectivity index (χ4n) is 3.02. The number of aliphatic carboxylic acids is 1. The van der Waals surface area contributed by atoms with Crippen LogP contribution in [0.1, 0.15) is 65.2 Å². The summed E-state index contributed by atoms with van der Waals surface area (Å²) in [5.41, 5.74) is -0.422. The molecule has 106 valence electrons. The SMILES string of the molecule is CCCCCCN1CCC(CCC)(C(=O)O)CC1. The van der Waals surface area contributed by atoms with Gasteiger partial charge >= 0.3 is 5.97 Å². The maximum absolute atomic E-state index is 11.5. The fourth-order valence-corrected chi connectivity index (χ4v) is 3.02. The number of rotatable bonds is 8. The summed E-state index contributed by atoms with van der Waals surface area (Å²) in [5, 5.41) is 9.43.